The lowest BCUT2D eigenvalue weighted by molar-refractivity contribution is 0.153. The van der Waals surface area contributed by atoms with Crippen molar-refractivity contribution in [1.82, 2.24) is 4.90 Å². The van der Waals surface area contributed by atoms with Gasteiger partial charge < -0.3 is 15.4 Å². The summed E-state index contributed by atoms with van der Waals surface area (Å²) in [5.74, 6) is 0.934. The number of hydrogen-bond acceptors (Lipinski definition) is 3. The molecule has 1 aliphatic heterocycles. The molecule has 0 radical (unpaired) electrons. The van der Waals surface area contributed by atoms with Crippen LogP contribution in [0.3, 0.4) is 0 Å². The van der Waals surface area contributed by atoms with Crippen LogP contribution in [-0.4, -0.2) is 37.7 Å². The quantitative estimate of drug-likeness (QED) is 0.864. The third-order valence-electron chi connectivity index (χ3n) is 4.06. The van der Waals surface area contributed by atoms with Gasteiger partial charge in [0.25, 0.3) is 0 Å². The van der Waals surface area contributed by atoms with Crippen LogP contribution >= 0.6 is 15.9 Å². The average Bonchev–Trinajstić information content (AvgIpc) is 2.43. The molecule has 0 spiro atoms. The highest BCUT2D eigenvalue weighted by Gasteiger charge is 2.18. The zero-order chi connectivity index (χ0) is 14.4. The maximum atomic E-state index is 5.92. The van der Waals surface area contributed by atoms with Crippen molar-refractivity contribution in [3.05, 3.63) is 28.2 Å². The molecule has 112 valence electrons. The van der Waals surface area contributed by atoms with Crippen LogP contribution in [0.15, 0.2) is 22.7 Å². The number of rotatable bonds is 6. The molecule has 3 nitrogen and oxygen atoms in total. The van der Waals surface area contributed by atoms with Gasteiger partial charge in [0.2, 0.25) is 0 Å². The summed E-state index contributed by atoms with van der Waals surface area (Å²) in [5.41, 5.74) is 6.82. The van der Waals surface area contributed by atoms with Crippen LogP contribution < -0.4 is 10.5 Å². The first-order chi connectivity index (χ1) is 9.70. The molecule has 4 heteroatoms. The van der Waals surface area contributed by atoms with E-state index in [1.807, 2.05) is 6.07 Å². The first kappa shape index (κ1) is 15.8. The van der Waals surface area contributed by atoms with Gasteiger partial charge in [-0.2, -0.15) is 0 Å². The van der Waals surface area contributed by atoms with Gasteiger partial charge in [0.15, 0.2) is 0 Å². The molecule has 0 aliphatic carbocycles. The Kier molecular flexibility index (Phi) is 6.33. The predicted octanol–water partition coefficient (Wildman–Crippen LogP) is 3.20. The molecule has 0 amide bonds. The highest BCUT2D eigenvalue weighted by atomic mass is 79.9. The first-order valence-electron chi connectivity index (χ1n) is 7.52. The molecule has 1 fully saturated rings. The lowest BCUT2D eigenvalue weighted by Crippen LogP contribution is -2.37. The number of hydrogen-bond donors (Lipinski definition) is 1. The SMILES string of the molecule is CN1CCCCC1CCOc1ccc(CCN)cc1Br. The highest BCUT2D eigenvalue weighted by Crippen LogP contribution is 2.27. The van der Waals surface area contributed by atoms with Gasteiger partial charge in [0.05, 0.1) is 11.1 Å². The smallest absolute Gasteiger partial charge is 0.133 e. The Hall–Kier alpha value is -0.580. The fourth-order valence-electron chi connectivity index (χ4n) is 2.80. The molecular weight excluding hydrogens is 316 g/mol. The second-order valence-electron chi connectivity index (χ2n) is 5.57. The lowest BCUT2D eigenvalue weighted by atomic mass is 10.0. The molecule has 1 atom stereocenters. The van der Waals surface area contributed by atoms with Gasteiger partial charge in [-0.15, -0.1) is 0 Å². The van der Waals surface area contributed by atoms with Gasteiger partial charge in [0, 0.05) is 6.04 Å². The highest BCUT2D eigenvalue weighted by molar-refractivity contribution is 9.10. The zero-order valence-electron chi connectivity index (χ0n) is 12.3. The molecule has 20 heavy (non-hydrogen) atoms. The Balaban J connectivity index is 1.81. The van der Waals surface area contributed by atoms with E-state index in [4.69, 9.17) is 10.5 Å². The molecule has 2 rings (SSSR count). The van der Waals surface area contributed by atoms with Crippen molar-refractivity contribution < 1.29 is 4.74 Å². The largest absolute Gasteiger partial charge is 0.492 e. The van der Waals surface area contributed by atoms with E-state index in [1.165, 1.54) is 31.4 Å². The molecule has 1 aromatic rings. The van der Waals surface area contributed by atoms with Crippen LogP contribution in [0.1, 0.15) is 31.2 Å². The fourth-order valence-corrected chi connectivity index (χ4v) is 3.34. The van der Waals surface area contributed by atoms with Crippen LogP contribution in [-0.2, 0) is 6.42 Å². The summed E-state index contributed by atoms with van der Waals surface area (Å²) in [6.07, 6.45) is 6.00. The van der Waals surface area contributed by atoms with Gasteiger partial charge in [-0.1, -0.05) is 12.5 Å². The van der Waals surface area contributed by atoms with Crippen molar-refractivity contribution in [2.75, 3.05) is 26.7 Å². The van der Waals surface area contributed by atoms with Gasteiger partial charge >= 0.3 is 0 Å². The van der Waals surface area contributed by atoms with E-state index >= 15 is 0 Å². The Labute approximate surface area is 130 Å². The second kappa shape index (κ2) is 8.01. The minimum atomic E-state index is 0.680. The van der Waals surface area contributed by atoms with E-state index in [1.54, 1.807) is 0 Å². The third-order valence-corrected chi connectivity index (χ3v) is 4.68. The number of ether oxygens (including phenoxy) is 1. The number of nitrogens with two attached hydrogens (primary N) is 1. The fraction of sp³-hybridized carbons (Fsp3) is 0.625. The van der Waals surface area contributed by atoms with Crippen LogP contribution in [0.4, 0.5) is 0 Å². The van der Waals surface area contributed by atoms with Gasteiger partial charge in [-0.3, -0.25) is 0 Å². The van der Waals surface area contributed by atoms with E-state index in [9.17, 15) is 0 Å². The predicted molar refractivity (Wildman–Crippen MR) is 87.3 cm³/mol. The van der Waals surface area contributed by atoms with Gasteiger partial charge in [-0.25, -0.2) is 0 Å². The number of halogens is 1. The Bertz CT molecular complexity index is 425. The van der Waals surface area contributed by atoms with Crippen molar-refractivity contribution in [1.29, 1.82) is 0 Å². The number of nitrogens with zero attached hydrogens (tertiary/aromatic N) is 1. The second-order valence-corrected chi connectivity index (χ2v) is 6.43. The summed E-state index contributed by atoms with van der Waals surface area (Å²) in [7, 11) is 2.22. The van der Waals surface area contributed by atoms with Gasteiger partial charge in [0.1, 0.15) is 5.75 Å². The maximum Gasteiger partial charge on any atom is 0.133 e. The lowest BCUT2D eigenvalue weighted by Gasteiger charge is -2.32. The third kappa shape index (κ3) is 4.47. The van der Waals surface area contributed by atoms with Crippen LogP contribution in [0.5, 0.6) is 5.75 Å². The summed E-state index contributed by atoms with van der Waals surface area (Å²) >= 11 is 3.58. The summed E-state index contributed by atoms with van der Waals surface area (Å²) in [6.45, 7) is 2.69. The minimum absolute atomic E-state index is 0.680. The number of piperidine rings is 1. The van der Waals surface area contributed by atoms with E-state index in [0.717, 1.165) is 29.7 Å². The van der Waals surface area contributed by atoms with Gasteiger partial charge in [-0.05, 0) is 79.4 Å². The molecule has 1 saturated heterocycles. The van der Waals surface area contributed by atoms with Crippen LogP contribution in [0.25, 0.3) is 0 Å². The summed E-state index contributed by atoms with van der Waals surface area (Å²) in [5, 5.41) is 0. The zero-order valence-corrected chi connectivity index (χ0v) is 13.9. The standard InChI is InChI=1S/C16H25BrN2O/c1-19-10-3-2-4-14(19)8-11-20-16-6-5-13(7-9-18)12-15(16)17/h5-6,12,14H,2-4,7-11,18H2,1H3. The molecule has 1 aromatic carbocycles. The van der Waals surface area contributed by atoms with Crippen LogP contribution in [0.2, 0.25) is 0 Å². The van der Waals surface area contributed by atoms with Crippen molar-refractivity contribution in [2.45, 2.75) is 38.1 Å². The first-order valence-corrected chi connectivity index (χ1v) is 8.31. The molecule has 1 heterocycles. The summed E-state index contributed by atoms with van der Waals surface area (Å²) in [6, 6.07) is 6.92. The van der Waals surface area contributed by atoms with Crippen molar-refractivity contribution >= 4 is 15.9 Å². The summed E-state index contributed by atoms with van der Waals surface area (Å²) in [4.78, 5) is 2.46. The molecule has 0 saturated carbocycles. The molecule has 2 N–H and O–H groups in total. The molecule has 0 aromatic heterocycles. The molecule has 1 aliphatic rings. The number of benzene rings is 1. The van der Waals surface area contributed by atoms with E-state index < -0.39 is 0 Å². The average molecular weight is 341 g/mol. The molecule has 1 unspecified atom stereocenters. The van der Waals surface area contributed by atoms with Crippen molar-refractivity contribution in [3.63, 3.8) is 0 Å². The van der Waals surface area contributed by atoms with E-state index in [0.29, 0.717) is 12.6 Å². The van der Waals surface area contributed by atoms with Crippen molar-refractivity contribution in [2.24, 2.45) is 5.73 Å². The Morgan fingerprint density at radius 2 is 2.25 bits per heavy atom. The molecular formula is C16H25BrN2O. The monoisotopic (exact) mass is 340 g/mol. The summed E-state index contributed by atoms with van der Waals surface area (Å²) < 4.78 is 6.94. The number of likely N-dealkylation sites (tertiary alicyclic amines) is 1. The minimum Gasteiger partial charge on any atom is -0.492 e. The molecule has 0 bridgehead atoms. The Morgan fingerprint density at radius 1 is 1.40 bits per heavy atom. The van der Waals surface area contributed by atoms with E-state index in [2.05, 4.69) is 40.0 Å². The topological polar surface area (TPSA) is 38.5 Å². The maximum absolute atomic E-state index is 5.92. The normalized spacial score (nSPS) is 20.1. The van der Waals surface area contributed by atoms with Crippen molar-refractivity contribution in [3.8, 4) is 5.75 Å². The van der Waals surface area contributed by atoms with E-state index in [-0.39, 0.29) is 0 Å². The van der Waals surface area contributed by atoms with Crippen LogP contribution in [0, 0.1) is 0 Å². The Morgan fingerprint density at radius 3 is 2.95 bits per heavy atom.